The molecule has 2 aromatic rings. The maximum absolute atomic E-state index is 5.59. The lowest BCUT2D eigenvalue weighted by Gasteiger charge is -1.95. The lowest BCUT2D eigenvalue weighted by molar-refractivity contribution is 1.40. The number of nitrogens with two attached hydrogens (primary N) is 1. The minimum atomic E-state index is 0.589. The third-order valence-corrected chi connectivity index (χ3v) is 3.18. The van der Waals surface area contributed by atoms with Crippen molar-refractivity contribution in [3.8, 4) is 11.3 Å². The molecule has 1 aromatic carbocycles. The molecule has 0 atom stereocenters. The van der Waals surface area contributed by atoms with Gasteiger partial charge in [0, 0.05) is 5.56 Å². The summed E-state index contributed by atoms with van der Waals surface area (Å²) >= 11 is 4.88. The highest BCUT2D eigenvalue weighted by Crippen LogP contribution is 2.33. The van der Waals surface area contributed by atoms with Crippen LogP contribution in [0, 0.1) is 0 Å². The monoisotopic (exact) mass is 254 g/mol. The molecule has 4 heteroatoms. The molecule has 2 N–H and O–H groups in total. The molecule has 0 unspecified atom stereocenters. The summed E-state index contributed by atoms with van der Waals surface area (Å²) in [6.07, 6.45) is 0. The highest BCUT2D eigenvalue weighted by atomic mass is 79.9. The Morgan fingerprint density at radius 3 is 2.46 bits per heavy atom. The molecule has 2 rings (SSSR count). The zero-order valence-corrected chi connectivity index (χ0v) is 9.10. The molecule has 0 radical (unpaired) electrons. The maximum Gasteiger partial charge on any atom is 0.181 e. The first-order chi connectivity index (χ1) is 6.27. The predicted octanol–water partition coefficient (Wildman–Crippen LogP) is 3.15. The van der Waals surface area contributed by atoms with Gasteiger partial charge in [-0.25, -0.2) is 4.98 Å². The minimum absolute atomic E-state index is 0.589. The van der Waals surface area contributed by atoms with Gasteiger partial charge >= 0.3 is 0 Å². The maximum atomic E-state index is 5.59. The number of anilines is 1. The fourth-order valence-electron chi connectivity index (χ4n) is 1.09. The van der Waals surface area contributed by atoms with Gasteiger partial charge < -0.3 is 5.73 Å². The molecule has 0 fully saturated rings. The number of halogens is 1. The number of nitrogen functional groups attached to an aromatic ring is 1. The summed E-state index contributed by atoms with van der Waals surface area (Å²) in [6.45, 7) is 0. The summed E-state index contributed by atoms with van der Waals surface area (Å²) < 4.78 is 0.983. The van der Waals surface area contributed by atoms with Crippen molar-refractivity contribution in [3.63, 3.8) is 0 Å². The Labute approximate surface area is 88.6 Å². The van der Waals surface area contributed by atoms with Crippen LogP contribution in [0.2, 0.25) is 0 Å². The van der Waals surface area contributed by atoms with Gasteiger partial charge in [0.1, 0.15) is 0 Å². The fourth-order valence-corrected chi connectivity index (χ4v) is 2.49. The van der Waals surface area contributed by atoms with Gasteiger partial charge in [0.15, 0.2) is 5.13 Å². The fraction of sp³-hybridized carbons (Fsp3) is 0. The van der Waals surface area contributed by atoms with Gasteiger partial charge in [-0.1, -0.05) is 41.7 Å². The van der Waals surface area contributed by atoms with Gasteiger partial charge in [-0.05, 0) is 15.9 Å². The van der Waals surface area contributed by atoms with Crippen LogP contribution >= 0.6 is 27.3 Å². The first-order valence-electron chi connectivity index (χ1n) is 3.74. The smallest absolute Gasteiger partial charge is 0.181 e. The summed E-state index contributed by atoms with van der Waals surface area (Å²) in [5.41, 5.74) is 7.60. The van der Waals surface area contributed by atoms with E-state index in [1.165, 1.54) is 11.3 Å². The van der Waals surface area contributed by atoms with Gasteiger partial charge in [-0.2, -0.15) is 0 Å². The number of hydrogen-bond donors (Lipinski definition) is 1. The molecular formula is C9H7BrN2S. The Morgan fingerprint density at radius 2 is 1.92 bits per heavy atom. The standard InChI is InChI=1S/C9H7BrN2S/c10-8-7(12-9(11)13-8)6-4-2-1-3-5-6/h1-5H,(H2,11,12). The number of benzene rings is 1. The molecule has 0 saturated carbocycles. The van der Waals surface area contributed by atoms with Gasteiger partial charge in [0.25, 0.3) is 0 Å². The highest BCUT2D eigenvalue weighted by Gasteiger charge is 2.07. The van der Waals surface area contributed by atoms with Crippen LogP contribution in [0.3, 0.4) is 0 Å². The molecule has 0 aliphatic carbocycles. The summed E-state index contributed by atoms with van der Waals surface area (Å²) in [7, 11) is 0. The molecule has 0 spiro atoms. The van der Waals surface area contributed by atoms with Crippen molar-refractivity contribution in [2.24, 2.45) is 0 Å². The number of rotatable bonds is 1. The van der Waals surface area contributed by atoms with E-state index >= 15 is 0 Å². The van der Waals surface area contributed by atoms with Gasteiger partial charge in [0.2, 0.25) is 0 Å². The van der Waals surface area contributed by atoms with Crippen LogP contribution in [-0.2, 0) is 0 Å². The molecule has 0 amide bonds. The molecule has 0 saturated heterocycles. The van der Waals surface area contributed by atoms with E-state index in [1.807, 2.05) is 30.3 Å². The highest BCUT2D eigenvalue weighted by molar-refractivity contribution is 9.11. The zero-order chi connectivity index (χ0) is 9.26. The lowest BCUT2D eigenvalue weighted by Crippen LogP contribution is -1.82. The van der Waals surface area contributed by atoms with Crippen molar-refractivity contribution in [3.05, 3.63) is 34.1 Å². The lowest BCUT2D eigenvalue weighted by atomic mass is 10.2. The van der Waals surface area contributed by atoms with E-state index in [0.717, 1.165) is 15.0 Å². The van der Waals surface area contributed by atoms with Crippen LogP contribution in [0.5, 0.6) is 0 Å². The second kappa shape index (κ2) is 3.47. The Hall–Kier alpha value is -0.870. The van der Waals surface area contributed by atoms with Crippen molar-refractivity contribution in [1.82, 2.24) is 4.98 Å². The molecule has 66 valence electrons. The van der Waals surface area contributed by atoms with Crippen molar-refractivity contribution in [1.29, 1.82) is 0 Å². The zero-order valence-electron chi connectivity index (χ0n) is 6.70. The number of hydrogen-bond acceptors (Lipinski definition) is 3. The van der Waals surface area contributed by atoms with E-state index in [1.54, 1.807) is 0 Å². The van der Waals surface area contributed by atoms with Crippen molar-refractivity contribution in [2.45, 2.75) is 0 Å². The van der Waals surface area contributed by atoms with Gasteiger partial charge in [0.05, 0.1) is 9.48 Å². The van der Waals surface area contributed by atoms with E-state index < -0.39 is 0 Å². The van der Waals surface area contributed by atoms with Gasteiger partial charge in [-0.15, -0.1) is 0 Å². The topological polar surface area (TPSA) is 38.9 Å². The number of nitrogens with zero attached hydrogens (tertiary/aromatic N) is 1. The van der Waals surface area contributed by atoms with Crippen LogP contribution in [-0.4, -0.2) is 4.98 Å². The molecule has 0 aliphatic rings. The van der Waals surface area contributed by atoms with Crippen LogP contribution in [0.4, 0.5) is 5.13 Å². The molecule has 0 aliphatic heterocycles. The summed E-state index contributed by atoms with van der Waals surface area (Å²) in [5.74, 6) is 0. The second-order valence-electron chi connectivity index (χ2n) is 2.54. The van der Waals surface area contributed by atoms with Crippen LogP contribution in [0.25, 0.3) is 11.3 Å². The SMILES string of the molecule is Nc1nc(-c2ccccc2)c(Br)s1. The first-order valence-corrected chi connectivity index (χ1v) is 5.35. The molecule has 2 nitrogen and oxygen atoms in total. The minimum Gasteiger partial charge on any atom is -0.375 e. The van der Waals surface area contributed by atoms with Crippen LogP contribution < -0.4 is 5.73 Å². The quantitative estimate of drug-likeness (QED) is 0.850. The molecular weight excluding hydrogens is 248 g/mol. The largest absolute Gasteiger partial charge is 0.375 e. The van der Waals surface area contributed by atoms with Crippen LogP contribution in [0.15, 0.2) is 34.1 Å². The second-order valence-corrected chi connectivity index (χ2v) is 4.89. The van der Waals surface area contributed by atoms with Crippen molar-refractivity contribution < 1.29 is 0 Å². The Balaban J connectivity index is 2.53. The summed E-state index contributed by atoms with van der Waals surface area (Å²) in [6, 6.07) is 9.97. The van der Waals surface area contributed by atoms with Gasteiger partial charge in [-0.3, -0.25) is 0 Å². The summed E-state index contributed by atoms with van der Waals surface area (Å²) in [5, 5.41) is 0.589. The van der Waals surface area contributed by atoms with Crippen molar-refractivity contribution in [2.75, 3.05) is 5.73 Å². The average molecular weight is 255 g/mol. The third kappa shape index (κ3) is 1.73. The third-order valence-electron chi connectivity index (χ3n) is 1.65. The predicted molar refractivity (Wildman–Crippen MR) is 59.7 cm³/mol. The van der Waals surface area contributed by atoms with E-state index in [9.17, 15) is 0 Å². The normalized spacial score (nSPS) is 10.2. The Morgan fingerprint density at radius 1 is 1.23 bits per heavy atom. The summed E-state index contributed by atoms with van der Waals surface area (Å²) in [4.78, 5) is 4.23. The average Bonchev–Trinajstić information content (AvgIpc) is 2.47. The van der Waals surface area contributed by atoms with Crippen molar-refractivity contribution >= 4 is 32.4 Å². The Kier molecular flexibility index (Phi) is 2.33. The molecule has 1 aromatic heterocycles. The molecule has 0 bridgehead atoms. The van der Waals surface area contributed by atoms with E-state index in [-0.39, 0.29) is 0 Å². The molecule has 1 heterocycles. The molecule has 13 heavy (non-hydrogen) atoms. The van der Waals surface area contributed by atoms with E-state index in [2.05, 4.69) is 20.9 Å². The Bertz CT molecular complexity index is 411. The van der Waals surface area contributed by atoms with E-state index in [0.29, 0.717) is 5.13 Å². The van der Waals surface area contributed by atoms with Crippen LogP contribution in [0.1, 0.15) is 0 Å². The van der Waals surface area contributed by atoms with E-state index in [4.69, 9.17) is 5.73 Å². The first kappa shape index (κ1) is 8.72. The number of aromatic nitrogens is 1. The number of thiazole rings is 1.